The molecule has 1 unspecified atom stereocenters. The van der Waals surface area contributed by atoms with Crippen LogP contribution in [0.2, 0.25) is 0 Å². The third-order valence-corrected chi connectivity index (χ3v) is 4.21. The Morgan fingerprint density at radius 2 is 1.71 bits per heavy atom. The summed E-state index contributed by atoms with van der Waals surface area (Å²) in [6, 6.07) is 8.44. The molecule has 1 rings (SSSR count). The fraction of sp³-hybridized carbons (Fsp3) is 0.400. The van der Waals surface area contributed by atoms with Crippen LogP contribution in [0.5, 0.6) is 0 Å². The molecule has 0 aliphatic rings. The fourth-order valence-corrected chi connectivity index (χ4v) is 3.03. The van der Waals surface area contributed by atoms with Crippen LogP contribution >= 0.6 is 14.7 Å². The van der Waals surface area contributed by atoms with Crippen molar-refractivity contribution < 1.29 is 18.9 Å². The van der Waals surface area contributed by atoms with Crippen LogP contribution in [0.3, 0.4) is 0 Å². The summed E-state index contributed by atoms with van der Waals surface area (Å²) in [7, 11) is -6.68. The molecule has 17 heavy (non-hydrogen) atoms. The van der Waals surface area contributed by atoms with Gasteiger partial charge >= 0.3 is 7.60 Å². The highest BCUT2D eigenvalue weighted by Gasteiger charge is 2.30. The predicted molar refractivity (Wildman–Crippen MR) is 68.7 cm³/mol. The van der Waals surface area contributed by atoms with Gasteiger partial charge < -0.3 is 14.4 Å². The summed E-state index contributed by atoms with van der Waals surface area (Å²) in [5.74, 6) is -1.10. The van der Waals surface area contributed by atoms with Gasteiger partial charge in [0.25, 0.3) is 0 Å². The predicted octanol–water partition coefficient (Wildman–Crippen LogP) is 2.03. The summed E-state index contributed by atoms with van der Waals surface area (Å²) >= 11 is 0. The summed E-state index contributed by atoms with van der Waals surface area (Å²) in [6.07, 6.45) is 0.0949. The first-order valence-corrected chi connectivity index (χ1v) is 9.54. The molecule has 1 atom stereocenters. The Morgan fingerprint density at radius 1 is 1.18 bits per heavy atom. The molecule has 96 valence electrons. The lowest BCUT2D eigenvalue weighted by molar-refractivity contribution is 0.350. The van der Waals surface area contributed by atoms with Gasteiger partial charge in [-0.05, 0) is 18.9 Å². The topological polar surface area (TPSA) is 86.6 Å². The zero-order valence-corrected chi connectivity index (χ0v) is 11.6. The van der Waals surface area contributed by atoms with Crippen LogP contribution in [0.1, 0.15) is 11.3 Å². The zero-order chi connectivity index (χ0) is 13.1. The standard InChI is InChI=1S/C10H17NO4P2/c1-16(2,12)8-11-10(17(13,14)15)9-6-4-3-5-7-9/h3-7,10-11H,8H2,1-2H3,(H2,13,14,15). The first-order chi connectivity index (χ1) is 7.70. The Labute approximate surface area is 101 Å². The molecule has 0 aliphatic heterocycles. The van der Waals surface area contributed by atoms with Gasteiger partial charge in [-0.3, -0.25) is 9.88 Å². The van der Waals surface area contributed by atoms with E-state index in [2.05, 4.69) is 5.32 Å². The molecule has 1 aromatic rings. The van der Waals surface area contributed by atoms with Gasteiger partial charge in [-0.1, -0.05) is 30.3 Å². The van der Waals surface area contributed by atoms with Crippen LogP contribution < -0.4 is 5.32 Å². The maximum atomic E-state index is 11.6. The minimum absolute atomic E-state index is 0.0949. The summed E-state index contributed by atoms with van der Waals surface area (Å²) in [5.41, 5.74) is 0.495. The summed E-state index contributed by atoms with van der Waals surface area (Å²) < 4.78 is 23.0. The van der Waals surface area contributed by atoms with Crippen LogP contribution in [0, 0.1) is 0 Å². The Hall–Kier alpha value is -0.440. The maximum absolute atomic E-state index is 11.6. The van der Waals surface area contributed by atoms with Crippen molar-refractivity contribution in [3.63, 3.8) is 0 Å². The van der Waals surface area contributed by atoms with Crippen molar-refractivity contribution in [1.82, 2.24) is 5.32 Å². The molecule has 0 aromatic heterocycles. The molecule has 0 radical (unpaired) electrons. The second kappa shape index (κ2) is 5.47. The van der Waals surface area contributed by atoms with E-state index in [0.717, 1.165) is 0 Å². The second-order valence-electron chi connectivity index (χ2n) is 4.34. The third kappa shape index (κ3) is 5.15. The molecular formula is C10H17NO4P2. The van der Waals surface area contributed by atoms with Crippen LogP contribution in [-0.4, -0.2) is 29.4 Å². The molecule has 0 aliphatic carbocycles. The van der Waals surface area contributed by atoms with Gasteiger partial charge in [0.15, 0.2) is 0 Å². The molecule has 0 amide bonds. The Bertz CT molecular complexity index is 451. The molecule has 0 saturated carbocycles. The van der Waals surface area contributed by atoms with Gasteiger partial charge in [0.2, 0.25) is 0 Å². The first-order valence-electron chi connectivity index (χ1n) is 5.08. The molecule has 0 bridgehead atoms. The monoisotopic (exact) mass is 277 g/mol. The van der Waals surface area contributed by atoms with E-state index in [1.54, 1.807) is 43.7 Å². The van der Waals surface area contributed by atoms with Gasteiger partial charge in [0.05, 0.1) is 7.14 Å². The molecule has 7 heteroatoms. The van der Waals surface area contributed by atoms with Gasteiger partial charge in [-0.25, -0.2) is 0 Å². The highest BCUT2D eigenvalue weighted by atomic mass is 31.2. The molecular weight excluding hydrogens is 260 g/mol. The van der Waals surface area contributed by atoms with Gasteiger partial charge in [0, 0.05) is 6.29 Å². The second-order valence-corrected chi connectivity index (χ2v) is 9.50. The van der Waals surface area contributed by atoms with Crippen LogP contribution in [0.15, 0.2) is 30.3 Å². The molecule has 3 N–H and O–H groups in total. The average molecular weight is 277 g/mol. The van der Waals surface area contributed by atoms with Crippen molar-refractivity contribution >= 4 is 14.7 Å². The molecule has 0 heterocycles. The van der Waals surface area contributed by atoms with E-state index in [4.69, 9.17) is 0 Å². The Morgan fingerprint density at radius 3 is 2.12 bits per heavy atom. The lowest BCUT2D eigenvalue weighted by Gasteiger charge is -2.21. The SMILES string of the molecule is CP(C)(=O)CNC(c1ccccc1)P(=O)(O)O. The summed E-state index contributed by atoms with van der Waals surface area (Å²) in [6.45, 7) is 3.14. The number of hydrogen-bond acceptors (Lipinski definition) is 3. The smallest absolute Gasteiger partial charge is 0.323 e. The summed E-state index contributed by atoms with van der Waals surface area (Å²) in [4.78, 5) is 18.6. The van der Waals surface area contributed by atoms with Crippen LogP contribution in [0.4, 0.5) is 0 Å². The molecule has 5 nitrogen and oxygen atoms in total. The molecule has 0 fully saturated rings. The van der Waals surface area contributed by atoms with Gasteiger partial charge in [-0.15, -0.1) is 0 Å². The minimum atomic E-state index is -4.32. The van der Waals surface area contributed by atoms with Gasteiger partial charge in [0.1, 0.15) is 5.78 Å². The van der Waals surface area contributed by atoms with Crippen LogP contribution in [0.25, 0.3) is 0 Å². The van der Waals surface area contributed by atoms with E-state index in [1.807, 2.05) is 0 Å². The quantitative estimate of drug-likeness (QED) is 0.717. The van der Waals surface area contributed by atoms with Crippen molar-refractivity contribution in [3.8, 4) is 0 Å². The normalized spacial score (nSPS) is 14.6. The first kappa shape index (κ1) is 14.6. The van der Waals surface area contributed by atoms with E-state index in [9.17, 15) is 18.9 Å². The molecule has 0 saturated heterocycles. The highest BCUT2D eigenvalue weighted by Crippen LogP contribution is 2.51. The van der Waals surface area contributed by atoms with Crippen molar-refractivity contribution in [3.05, 3.63) is 35.9 Å². The zero-order valence-electron chi connectivity index (χ0n) is 9.78. The largest absolute Gasteiger partial charge is 0.346 e. The number of rotatable bonds is 5. The molecule has 0 spiro atoms. The highest BCUT2D eigenvalue weighted by molar-refractivity contribution is 7.62. The number of nitrogens with one attached hydrogen (secondary N) is 1. The minimum Gasteiger partial charge on any atom is -0.323 e. The van der Waals surface area contributed by atoms with Crippen LogP contribution in [-0.2, 0) is 9.13 Å². The third-order valence-electron chi connectivity index (χ3n) is 2.12. The Balaban J connectivity index is 2.91. The van der Waals surface area contributed by atoms with Crippen molar-refractivity contribution in [2.24, 2.45) is 0 Å². The van der Waals surface area contributed by atoms with Crippen molar-refractivity contribution in [1.29, 1.82) is 0 Å². The number of benzene rings is 1. The van der Waals surface area contributed by atoms with E-state index in [-0.39, 0.29) is 6.29 Å². The van der Waals surface area contributed by atoms with E-state index in [1.165, 1.54) is 0 Å². The van der Waals surface area contributed by atoms with E-state index < -0.39 is 20.5 Å². The lowest BCUT2D eigenvalue weighted by Crippen LogP contribution is -2.22. The van der Waals surface area contributed by atoms with E-state index >= 15 is 0 Å². The average Bonchev–Trinajstić information content (AvgIpc) is 2.15. The van der Waals surface area contributed by atoms with Crippen molar-refractivity contribution in [2.45, 2.75) is 5.78 Å². The summed E-state index contributed by atoms with van der Waals surface area (Å²) in [5, 5.41) is 2.69. The number of hydrogen-bond donors (Lipinski definition) is 3. The fourth-order valence-electron chi connectivity index (χ4n) is 1.37. The molecule has 1 aromatic carbocycles. The van der Waals surface area contributed by atoms with E-state index in [0.29, 0.717) is 5.56 Å². The Kier molecular flexibility index (Phi) is 4.70. The van der Waals surface area contributed by atoms with Gasteiger partial charge in [-0.2, -0.15) is 0 Å². The maximum Gasteiger partial charge on any atom is 0.346 e. The lowest BCUT2D eigenvalue weighted by atomic mass is 10.2. The van der Waals surface area contributed by atoms with Crippen molar-refractivity contribution in [2.75, 3.05) is 19.6 Å².